The second-order valence-corrected chi connectivity index (χ2v) is 6.06. The van der Waals surface area contributed by atoms with E-state index in [0.29, 0.717) is 12.5 Å². The Bertz CT molecular complexity index is 403. The minimum Gasteiger partial charge on any atom is -0.393 e. The maximum absolute atomic E-state index is 10.3. The fourth-order valence-electron chi connectivity index (χ4n) is 3.16. The lowest BCUT2D eigenvalue weighted by Gasteiger charge is -2.41. The summed E-state index contributed by atoms with van der Waals surface area (Å²) in [5, 5.41) is 14.9. The molecule has 1 N–H and O–H groups in total. The van der Waals surface area contributed by atoms with Crippen LogP contribution < -0.4 is 0 Å². The minimum atomic E-state index is -0.361. The molecule has 4 nitrogen and oxygen atoms in total. The molecule has 1 aliphatic carbocycles. The molecule has 1 aromatic heterocycles. The van der Waals surface area contributed by atoms with E-state index in [9.17, 15) is 5.11 Å². The standard InChI is InChI=1S/C16H28N2O2/c1-4-14(5-2)18-10-7-13(17-18)11-15(19)12-16(20-3)8-6-9-16/h7,10,14-15,19H,4-6,8-9,11-12H2,1-3H3. The summed E-state index contributed by atoms with van der Waals surface area (Å²) in [6.07, 6.45) is 8.56. The first-order valence-electron chi connectivity index (χ1n) is 7.89. The lowest BCUT2D eigenvalue weighted by Crippen LogP contribution is -2.42. The lowest BCUT2D eigenvalue weighted by molar-refractivity contribution is -0.0990. The number of hydrogen-bond donors (Lipinski definition) is 1. The number of aromatic nitrogens is 2. The average molecular weight is 280 g/mol. The van der Waals surface area contributed by atoms with Crippen LogP contribution in [-0.2, 0) is 11.2 Å². The topological polar surface area (TPSA) is 47.3 Å². The maximum atomic E-state index is 10.3. The monoisotopic (exact) mass is 280 g/mol. The molecule has 1 aliphatic rings. The molecule has 1 atom stereocenters. The third-order valence-corrected chi connectivity index (χ3v) is 4.73. The zero-order chi connectivity index (χ0) is 14.6. The Labute approximate surface area is 122 Å². The lowest BCUT2D eigenvalue weighted by atomic mass is 9.75. The number of hydrogen-bond acceptors (Lipinski definition) is 3. The van der Waals surface area contributed by atoms with Gasteiger partial charge in [0, 0.05) is 26.1 Å². The molecular weight excluding hydrogens is 252 g/mol. The van der Waals surface area contributed by atoms with Gasteiger partial charge in [0.1, 0.15) is 0 Å². The number of nitrogens with zero attached hydrogens (tertiary/aromatic N) is 2. The van der Waals surface area contributed by atoms with Gasteiger partial charge in [0.05, 0.1) is 23.4 Å². The number of rotatable bonds is 8. The summed E-state index contributed by atoms with van der Waals surface area (Å²) in [5.41, 5.74) is 0.909. The molecule has 0 bridgehead atoms. The minimum absolute atomic E-state index is 0.0721. The van der Waals surface area contributed by atoms with Crippen LogP contribution >= 0.6 is 0 Å². The van der Waals surface area contributed by atoms with Gasteiger partial charge in [-0.25, -0.2) is 0 Å². The maximum Gasteiger partial charge on any atom is 0.0703 e. The first-order valence-corrected chi connectivity index (χ1v) is 7.89. The highest BCUT2D eigenvalue weighted by Crippen LogP contribution is 2.39. The van der Waals surface area contributed by atoms with Crippen molar-refractivity contribution >= 4 is 0 Å². The Hall–Kier alpha value is -0.870. The molecule has 2 rings (SSSR count). The van der Waals surface area contributed by atoms with E-state index < -0.39 is 0 Å². The Kier molecular flexibility index (Phi) is 5.22. The van der Waals surface area contributed by atoms with Gasteiger partial charge in [-0.05, 0) is 38.2 Å². The molecule has 0 spiro atoms. The van der Waals surface area contributed by atoms with Crippen LogP contribution in [-0.4, -0.2) is 33.7 Å². The van der Waals surface area contributed by atoms with Gasteiger partial charge < -0.3 is 9.84 Å². The highest BCUT2D eigenvalue weighted by molar-refractivity contribution is 5.03. The molecule has 114 valence electrons. The van der Waals surface area contributed by atoms with Crippen molar-refractivity contribution in [1.82, 2.24) is 9.78 Å². The van der Waals surface area contributed by atoms with Crippen molar-refractivity contribution in [2.45, 2.75) is 76.5 Å². The van der Waals surface area contributed by atoms with Gasteiger partial charge in [0.15, 0.2) is 0 Å². The van der Waals surface area contributed by atoms with Crippen molar-refractivity contribution in [3.05, 3.63) is 18.0 Å². The van der Waals surface area contributed by atoms with Gasteiger partial charge in [0.25, 0.3) is 0 Å². The van der Waals surface area contributed by atoms with Crippen molar-refractivity contribution in [2.75, 3.05) is 7.11 Å². The molecule has 20 heavy (non-hydrogen) atoms. The van der Waals surface area contributed by atoms with E-state index in [-0.39, 0.29) is 11.7 Å². The zero-order valence-electron chi connectivity index (χ0n) is 13.0. The Morgan fingerprint density at radius 3 is 2.60 bits per heavy atom. The molecule has 0 aliphatic heterocycles. The van der Waals surface area contributed by atoms with Crippen LogP contribution in [0.3, 0.4) is 0 Å². The molecule has 1 saturated carbocycles. The van der Waals surface area contributed by atoms with E-state index in [1.54, 1.807) is 7.11 Å². The van der Waals surface area contributed by atoms with E-state index in [0.717, 1.165) is 37.8 Å². The number of ether oxygens (including phenoxy) is 1. The van der Waals surface area contributed by atoms with E-state index in [2.05, 4.69) is 18.9 Å². The fourth-order valence-corrected chi connectivity index (χ4v) is 3.16. The molecule has 0 amide bonds. The third kappa shape index (κ3) is 3.41. The zero-order valence-corrected chi connectivity index (χ0v) is 13.0. The Morgan fingerprint density at radius 2 is 2.10 bits per heavy atom. The van der Waals surface area contributed by atoms with Crippen molar-refractivity contribution in [3.63, 3.8) is 0 Å². The summed E-state index contributed by atoms with van der Waals surface area (Å²) < 4.78 is 7.61. The van der Waals surface area contributed by atoms with E-state index >= 15 is 0 Å². The molecular formula is C16H28N2O2. The quantitative estimate of drug-likeness (QED) is 0.796. The Balaban J connectivity index is 1.89. The predicted molar refractivity (Wildman–Crippen MR) is 79.8 cm³/mol. The molecule has 1 unspecified atom stereocenters. The highest BCUT2D eigenvalue weighted by Gasteiger charge is 2.38. The average Bonchev–Trinajstić information content (AvgIpc) is 2.84. The second kappa shape index (κ2) is 6.72. The summed E-state index contributed by atoms with van der Waals surface area (Å²) in [4.78, 5) is 0. The van der Waals surface area contributed by atoms with Crippen molar-refractivity contribution in [2.24, 2.45) is 0 Å². The first kappa shape index (κ1) is 15.5. The summed E-state index contributed by atoms with van der Waals surface area (Å²) >= 11 is 0. The van der Waals surface area contributed by atoms with Crippen LogP contribution in [0.15, 0.2) is 12.3 Å². The molecule has 1 fully saturated rings. The summed E-state index contributed by atoms with van der Waals surface area (Å²) in [6, 6.07) is 2.50. The normalized spacial score (nSPS) is 19.1. The van der Waals surface area contributed by atoms with Crippen LogP contribution in [0.4, 0.5) is 0 Å². The second-order valence-electron chi connectivity index (χ2n) is 6.06. The molecule has 1 heterocycles. The smallest absolute Gasteiger partial charge is 0.0703 e. The van der Waals surface area contributed by atoms with Gasteiger partial charge >= 0.3 is 0 Å². The largest absolute Gasteiger partial charge is 0.393 e. The van der Waals surface area contributed by atoms with Gasteiger partial charge in [0.2, 0.25) is 0 Å². The molecule has 0 saturated heterocycles. The van der Waals surface area contributed by atoms with E-state index in [1.165, 1.54) is 6.42 Å². The van der Waals surface area contributed by atoms with Gasteiger partial charge in [-0.15, -0.1) is 0 Å². The fraction of sp³-hybridized carbons (Fsp3) is 0.812. The molecule has 4 heteroatoms. The highest BCUT2D eigenvalue weighted by atomic mass is 16.5. The van der Waals surface area contributed by atoms with Crippen molar-refractivity contribution < 1.29 is 9.84 Å². The van der Waals surface area contributed by atoms with Crippen molar-refractivity contribution in [3.8, 4) is 0 Å². The van der Waals surface area contributed by atoms with Crippen LogP contribution in [0, 0.1) is 0 Å². The SMILES string of the molecule is CCC(CC)n1ccc(CC(O)CC2(OC)CCC2)n1. The van der Waals surface area contributed by atoms with Crippen LogP contribution in [0.2, 0.25) is 0 Å². The molecule has 0 aromatic carbocycles. The molecule has 0 radical (unpaired) electrons. The van der Waals surface area contributed by atoms with Crippen LogP contribution in [0.5, 0.6) is 0 Å². The molecule has 1 aromatic rings. The first-order chi connectivity index (χ1) is 9.62. The van der Waals surface area contributed by atoms with Crippen molar-refractivity contribution in [1.29, 1.82) is 0 Å². The summed E-state index contributed by atoms with van der Waals surface area (Å²) in [7, 11) is 1.76. The van der Waals surface area contributed by atoms with E-state index in [1.807, 2.05) is 16.9 Å². The summed E-state index contributed by atoms with van der Waals surface area (Å²) in [5.74, 6) is 0. The van der Waals surface area contributed by atoms with Gasteiger partial charge in [-0.2, -0.15) is 5.10 Å². The van der Waals surface area contributed by atoms with E-state index in [4.69, 9.17) is 4.74 Å². The van der Waals surface area contributed by atoms with Gasteiger partial charge in [-0.3, -0.25) is 4.68 Å². The van der Waals surface area contributed by atoms with Crippen LogP contribution in [0.1, 0.15) is 64.1 Å². The number of aliphatic hydroxyl groups is 1. The summed E-state index contributed by atoms with van der Waals surface area (Å²) in [6.45, 7) is 4.37. The third-order valence-electron chi connectivity index (χ3n) is 4.73. The Morgan fingerprint density at radius 1 is 1.40 bits per heavy atom. The van der Waals surface area contributed by atoms with Crippen LogP contribution in [0.25, 0.3) is 0 Å². The number of methoxy groups -OCH3 is 1. The van der Waals surface area contributed by atoms with Gasteiger partial charge in [-0.1, -0.05) is 13.8 Å². The predicted octanol–water partition coefficient (Wildman–Crippen LogP) is 3.11. The number of aliphatic hydroxyl groups excluding tert-OH is 1.